The van der Waals surface area contributed by atoms with Gasteiger partial charge in [0.1, 0.15) is 18.2 Å². The minimum absolute atomic E-state index is 0.149. The van der Waals surface area contributed by atoms with Crippen molar-refractivity contribution in [3.05, 3.63) is 65.5 Å². The highest BCUT2D eigenvalue weighted by Crippen LogP contribution is 2.11. The summed E-state index contributed by atoms with van der Waals surface area (Å²) >= 11 is 0. The standard InChI is InChI=1S/C19H23FN2O2/c1-15-3-9-18(10-4-15)24-14-13-22(2)19(23)21-12-11-16-5-7-17(20)8-6-16/h3-10H,11-14H2,1-2H3,(H,21,23). The van der Waals surface area contributed by atoms with Gasteiger partial charge >= 0.3 is 6.03 Å². The largest absolute Gasteiger partial charge is 0.492 e. The van der Waals surface area contributed by atoms with E-state index in [9.17, 15) is 9.18 Å². The molecule has 0 aliphatic rings. The molecule has 0 heterocycles. The van der Waals surface area contributed by atoms with E-state index in [4.69, 9.17) is 4.74 Å². The number of urea groups is 1. The van der Waals surface area contributed by atoms with E-state index >= 15 is 0 Å². The van der Waals surface area contributed by atoms with Crippen molar-refractivity contribution in [1.82, 2.24) is 10.2 Å². The Labute approximate surface area is 142 Å². The Morgan fingerprint density at radius 2 is 1.79 bits per heavy atom. The van der Waals surface area contributed by atoms with Gasteiger partial charge in [-0.3, -0.25) is 0 Å². The van der Waals surface area contributed by atoms with Gasteiger partial charge in [-0.2, -0.15) is 0 Å². The molecular formula is C19H23FN2O2. The highest BCUT2D eigenvalue weighted by atomic mass is 19.1. The SMILES string of the molecule is Cc1ccc(OCCN(C)C(=O)NCCc2ccc(F)cc2)cc1. The molecule has 4 nitrogen and oxygen atoms in total. The number of carbonyl (C=O) groups excluding carboxylic acids is 1. The molecule has 0 unspecified atom stereocenters. The Hall–Kier alpha value is -2.56. The average molecular weight is 330 g/mol. The maximum Gasteiger partial charge on any atom is 0.317 e. The molecule has 2 aromatic rings. The fourth-order valence-electron chi connectivity index (χ4n) is 2.14. The lowest BCUT2D eigenvalue weighted by Gasteiger charge is -2.18. The molecular weight excluding hydrogens is 307 g/mol. The second kappa shape index (κ2) is 8.91. The van der Waals surface area contributed by atoms with Crippen LogP contribution in [0.4, 0.5) is 9.18 Å². The molecule has 24 heavy (non-hydrogen) atoms. The molecule has 0 fully saturated rings. The molecule has 0 aromatic heterocycles. The Morgan fingerprint density at radius 3 is 2.46 bits per heavy atom. The number of likely N-dealkylation sites (N-methyl/N-ethyl adjacent to an activating group) is 1. The van der Waals surface area contributed by atoms with Gasteiger partial charge in [0.05, 0.1) is 6.54 Å². The van der Waals surface area contributed by atoms with Gasteiger partial charge < -0.3 is 15.0 Å². The lowest BCUT2D eigenvalue weighted by molar-refractivity contribution is 0.195. The third kappa shape index (κ3) is 5.91. The van der Waals surface area contributed by atoms with Gasteiger partial charge in [0, 0.05) is 13.6 Å². The average Bonchev–Trinajstić information content (AvgIpc) is 2.58. The molecule has 2 rings (SSSR count). The number of hydrogen-bond acceptors (Lipinski definition) is 2. The molecule has 0 aliphatic heterocycles. The summed E-state index contributed by atoms with van der Waals surface area (Å²) in [6.07, 6.45) is 0.666. The maximum absolute atomic E-state index is 12.8. The van der Waals surface area contributed by atoms with E-state index in [-0.39, 0.29) is 11.8 Å². The van der Waals surface area contributed by atoms with Crippen LogP contribution in [0.25, 0.3) is 0 Å². The monoisotopic (exact) mass is 330 g/mol. The molecule has 0 aliphatic carbocycles. The summed E-state index contributed by atoms with van der Waals surface area (Å²) in [5.74, 6) is 0.543. The lowest BCUT2D eigenvalue weighted by Crippen LogP contribution is -2.40. The van der Waals surface area contributed by atoms with Crippen LogP contribution in [-0.4, -0.2) is 37.7 Å². The van der Waals surface area contributed by atoms with Crippen LogP contribution in [0.3, 0.4) is 0 Å². The van der Waals surface area contributed by atoms with Crippen molar-refractivity contribution in [1.29, 1.82) is 0 Å². The summed E-state index contributed by atoms with van der Waals surface area (Å²) in [5, 5.41) is 2.84. The number of amides is 2. The van der Waals surface area contributed by atoms with Crippen LogP contribution in [-0.2, 0) is 6.42 Å². The first-order valence-corrected chi connectivity index (χ1v) is 7.97. The van der Waals surface area contributed by atoms with Crippen molar-refractivity contribution >= 4 is 6.03 Å². The second-order valence-corrected chi connectivity index (χ2v) is 5.69. The summed E-state index contributed by atoms with van der Waals surface area (Å²) < 4.78 is 18.4. The number of aryl methyl sites for hydroxylation is 1. The van der Waals surface area contributed by atoms with Crippen molar-refractivity contribution < 1.29 is 13.9 Å². The number of halogens is 1. The third-order valence-electron chi connectivity index (χ3n) is 3.67. The Morgan fingerprint density at radius 1 is 1.12 bits per heavy atom. The highest BCUT2D eigenvalue weighted by molar-refractivity contribution is 5.73. The predicted molar refractivity (Wildman–Crippen MR) is 92.8 cm³/mol. The number of carbonyl (C=O) groups is 1. The zero-order chi connectivity index (χ0) is 17.4. The molecule has 0 bridgehead atoms. The quantitative estimate of drug-likeness (QED) is 0.845. The Balaban J connectivity index is 1.64. The summed E-state index contributed by atoms with van der Waals surface area (Å²) in [6, 6.07) is 13.9. The van der Waals surface area contributed by atoms with E-state index in [1.54, 1.807) is 24.1 Å². The van der Waals surface area contributed by atoms with E-state index in [0.29, 0.717) is 26.1 Å². The number of nitrogens with zero attached hydrogens (tertiary/aromatic N) is 1. The van der Waals surface area contributed by atoms with Crippen molar-refractivity contribution in [3.63, 3.8) is 0 Å². The lowest BCUT2D eigenvalue weighted by atomic mass is 10.1. The summed E-state index contributed by atoms with van der Waals surface area (Å²) in [4.78, 5) is 13.6. The maximum atomic E-state index is 12.8. The minimum Gasteiger partial charge on any atom is -0.492 e. The Kier molecular flexibility index (Phi) is 6.61. The number of rotatable bonds is 7. The van der Waals surface area contributed by atoms with Crippen LogP contribution in [0.5, 0.6) is 5.75 Å². The molecule has 0 atom stereocenters. The molecule has 0 radical (unpaired) electrons. The van der Waals surface area contributed by atoms with E-state index < -0.39 is 0 Å². The molecule has 0 saturated heterocycles. The fourth-order valence-corrected chi connectivity index (χ4v) is 2.14. The van der Waals surface area contributed by atoms with Crippen LogP contribution >= 0.6 is 0 Å². The number of nitrogens with one attached hydrogen (secondary N) is 1. The van der Waals surface area contributed by atoms with Crippen LogP contribution in [0.15, 0.2) is 48.5 Å². The second-order valence-electron chi connectivity index (χ2n) is 5.69. The predicted octanol–water partition coefficient (Wildman–Crippen LogP) is 3.40. The Bertz CT molecular complexity index is 641. The van der Waals surface area contributed by atoms with Crippen LogP contribution in [0.1, 0.15) is 11.1 Å². The summed E-state index contributed by atoms with van der Waals surface area (Å²) in [6.45, 7) is 3.46. The van der Waals surface area contributed by atoms with Crippen molar-refractivity contribution in [3.8, 4) is 5.75 Å². The highest BCUT2D eigenvalue weighted by Gasteiger charge is 2.07. The molecule has 0 saturated carbocycles. The first-order chi connectivity index (χ1) is 11.5. The zero-order valence-electron chi connectivity index (χ0n) is 14.1. The zero-order valence-corrected chi connectivity index (χ0v) is 14.1. The topological polar surface area (TPSA) is 41.6 Å². The molecule has 0 spiro atoms. The third-order valence-corrected chi connectivity index (χ3v) is 3.67. The van der Waals surface area contributed by atoms with E-state index in [0.717, 1.165) is 11.3 Å². The first-order valence-electron chi connectivity index (χ1n) is 7.97. The van der Waals surface area contributed by atoms with Gasteiger partial charge in [-0.25, -0.2) is 9.18 Å². The molecule has 2 amide bonds. The van der Waals surface area contributed by atoms with Gasteiger partial charge in [0.15, 0.2) is 0 Å². The van der Waals surface area contributed by atoms with Crippen molar-refractivity contribution in [2.45, 2.75) is 13.3 Å². The molecule has 1 N–H and O–H groups in total. The van der Waals surface area contributed by atoms with E-state index in [1.165, 1.54) is 17.7 Å². The molecule has 5 heteroatoms. The van der Waals surface area contributed by atoms with Gasteiger partial charge in [-0.15, -0.1) is 0 Å². The molecule has 128 valence electrons. The van der Waals surface area contributed by atoms with E-state index in [2.05, 4.69) is 5.32 Å². The van der Waals surface area contributed by atoms with Crippen LogP contribution in [0.2, 0.25) is 0 Å². The van der Waals surface area contributed by atoms with Crippen LogP contribution in [0, 0.1) is 12.7 Å². The number of ether oxygens (including phenoxy) is 1. The normalized spacial score (nSPS) is 10.3. The van der Waals surface area contributed by atoms with Crippen molar-refractivity contribution in [2.24, 2.45) is 0 Å². The van der Waals surface area contributed by atoms with Gasteiger partial charge in [-0.1, -0.05) is 29.8 Å². The first kappa shape index (κ1) is 17.8. The smallest absolute Gasteiger partial charge is 0.317 e. The number of benzene rings is 2. The fraction of sp³-hybridized carbons (Fsp3) is 0.316. The van der Waals surface area contributed by atoms with Gasteiger partial charge in [0.2, 0.25) is 0 Å². The van der Waals surface area contributed by atoms with E-state index in [1.807, 2.05) is 31.2 Å². The van der Waals surface area contributed by atoms with Gasteiger partial charge in [0.25, 0.3) is 0 Å². The van der Waals surface area contributed by atoms with Gasteiger partial charge in [-0.05, 0) is 43.2 Å². The summed E-state index contributed by atoms with van der Waals surface area (Å²) in [7, 11) is 1.73. The minimum atomic E-state index is -0.254. The van der Waals surface area contributed by atoms with Crippen molar-refractivity contribution in [2.75, 3.05) is 26.7 Å². The molecule has 2 aromatic carbocycles. The van der Waals surface area contributed by atoms with Crippen LogP contribution < -0.4 is 10.1 Å². The number of hydrogen-bond donors (Lipinski definition) is 1. The summed E-state index contributed by atoms with van der Waals surface area (Å²) in [5.41, 5.74) is 2.17.